The number of urea groups is 1. The minimum atomic E-state index is -1.09. The molecule has 26 heavy (non-hydrogen) atoms. The summed E-state index contributed by atoms with van der Waals surface area (Å²) in [5.41, 5.74) is 1.42. The van der Waals surface area contributed by atoms with Crippen LogP contribution in [-0.2, 0) is 0 Å². The lowest BCUT2D eigenvalue weighted by atomic mass is 10.0. The Morgan fingerprint density at radius 2 is 2.12 bits per heavy atom. The maximum atomic E-state index is 11.7. The summed E-state index contributed by atoms with van der Waals surface area (Å²) in [5.74, 6) is 0.451. The molecule has 2 aromatic heterocycles. The van der Waals surface area contributed by atoms with Crippen molar-refractivity contribution in [2.45, 2.75) is 26.8 Å². The number of amides is 3. The predicted octanol–water partition coefficient (Wildman–Crippen LogP) is 4.07. The lowest BCUT2D eigenvalue weighted by Crippen LogP contribution is -2.30. The fraction of sp³-hybridized carbons (Fsp3) is 0.375. The average molecular weight is 442 g/mol. The Labute approximate surface area is 163 Å². The third kappa shape index (κ3) is 5.15. The van der Waals surface area contributed by atoms with Crippen LogP contribution < -0.4 is 16.0 Å². The Balaban J connectivity index is 2.29. The summed E-state index contributed by atoms with van der Waals surface area (Å²) in [6, 6.07) is 0.987. The largest absolute Gasteiger partial charge is 0.465 e. The van der Waals surface area contributed by atoms with Gasteiger partial charge < -0.3 is 15.7 Å². The third-order valence-electron chi connectivity index (χ3n) is 3.45. The molecule has 4 N–H and O–H groups in total. The van der Waals surface area contributed by atoms with Gasteiger partial charge >= 0.3 is 12.1 Å². The van der Waals surface area contributed by atoms with E-state index in [1.807, 2.05) is 26.2 Å². The van der Waals surface area contributed by atoms with Crippen molar-refractivity contribution in [1.29, 1.82) is 0 Å². The Morgan fingerprint density at radius 1 is 1.38 bits per heavy atom. The summed E-state index contributed by atoms with van der Waals surface area (Å²) in [4.78, 5) is 31.4. The molecule has 2 aromatic rings. The molecule has 0 saturated heterocycles. The van der Waals surface area contributed by atoms with Gasteiger partial charge in [-0.15, -0.1) is 11.3 Å². The third-order valence-corrected chi connectivity index (χ3v) is 4.98. The molecule has 2 rings (SSSR count). The molecular formula is C16H20BrN5O3S. The van der Waals surface area contributed by atoms with E-state index < -0.39 is 12.1 Å². The van der Waals surface area contributed by atoms with Crippen LogP contribution in [0.15, 0.2) is 22.1 Å². The van der Waals surface area contributed by atoms with Crippen molar-refractivity contribution in [3.05, 3.63) is 27.8 Å². The van der Waals surface area contributed by atoms with E-state index in [9.17, 15) is 9.59 Å². The zero-order chi connectivity index (χ0) is 19.3. The first-order valence-corrected chi connectivity index (χ1v) is 9.64. The first kappa shape index (κ1) is 20.1. The molecule has 1 unspecified atom stereocenters. The van der Waals surface area contributed by atoms with Crippen molar-refractivity contribution in [2.75, 3.05) is 11.9 Å². The van der Waals surface area contributed by atoms with Gasteiger partial charge in [-0.05, 0) is 34.8 Å². The van der Waals surface area contributed by atoms with E-state index in [0.29, 0.717) is 23.1 Å². The Hall–Kier alpha value is -2.20. The Kier molecular flexibility index (Phi) is 6.92. The zero-order valence-electron chi connectivity index (χ0n) is 14.5. The van der Waals surface area contributed by atoms with Crippen LogP contribution in [0.2, 0.25) is 0 Å². The van der Waals surface area contributed by atoms with E-state index in [1.54, 1.807) is 12.3 Å². The van der Waals surface area contributed by atoms with Gasteiger partial charge in [-0.1, -0.05) is 13.8 Å². The van der Waals surface area contributed by atoms with Crippen LogP contribution in [0.5, 0.6) is 0 Å². The van der Waals surface area contributed by atoms with Gasteiger partial charge in [0.1, 0.15) is 10.8 Å². The average Bonchev–Trinajstić information content (AvgIpc) is 3.03. The number of hydrogen-bond acceptors (Lipinski definition) is 5. The molecule has 0 radical (unpaired) electrons. The molecule has 2 heterocycles. The number of rotatable bonds is 6. The smallest absolute Gasteiger partial charge is 0.405 e. The van der Waals surface area contributed by atoms with Gasteiger partial charge in [0.2, 0.25) is 0 Å². The van der Waals surface area contributed by atoms with Crippen LogP contribution >= 0.6 is 27.3 Å². The lowest BCUT2D eigenvalue weighted by molar-refractivity contribution is 0.185. The summed E-state index contributed by atoms with van der Waals surface area (Å²) in [7, 11) is 0. The standard InChI is InChI=1S/C16H20BrN5O3S/c1-4-18-15(23)21-12-5-9(10(17)6-19-12)14-20-11(7-26-14)13(8(2)3)22-16(24)25/h5-8,13,22H,4H2,1-3H3,(H,24,25)(H2,18,19,21,23). The van der Waals surface area contributed by atoms with Crippen LogP contribution in [0.3, 0.4) is 0 Å². The molecule has 0 bridgehead atoms. The number of carbonyl (C=O) groups excluding carboxylic acids is 1. The lowest BCUT2D eigenvalue weighted by Gasteiger charge is -2.18. The number of aromatic nitrogens is 2. The first-order chi connectivity index (χ1) is 12.3. The van der Waals surface area contributed by atoms with E-state index in [0.717, 1.165) is 10.0 Å². The molecule has 0 saturated carbocycles. The van der Waals surface area contributed by atoms with Crippen LogP contribution in [0.4, 0.5) is 15.4 Å². The van der Waals surface area contributed by atoms with Gasteiger partial charge in [0.15, 0.2) is 0 Å². The number of halogens is 1. The molecular weight excluding hydrogens is 422 g/mol. The summed E-state index contributed by atoms with van der Waals surface area (Å²) >= 11 is 4.84. The molecule has 0 fully saturated rings. The maximum absolute atomic E-state index is 11.7. The first-order valence-electron chi connectivity index (χ1n) is 7.97. The quantitative estimate of drug-likeness (QED) is 0.538. The fourth-order valence-corrected chi connectivity index (χ4v) is 3.68. The van der Waals surface area contributed by atoms with Crippen molar-refractivity contribution < 1.29 is 14.7 Å². The summed E-state index contributed by atoms with van der Waals surface area (Å²) in [5, 5.41) is 19.4. The Morgan fingerprint density at radius 3 is 2.73 bits per heavy atom. The molecule has 0 aromatic carbocycles. The van der Waals surface area contributed by atoms with Crippen molar-refractivity contribution in [3.63, 3.8) is 0 Å². The fourth-order valence-electron chi connectivity index (χ4n) is 2.26. The summed E-state index contributed by atoms with van der Waals surface area (Å²) in [6.45, 7) is 6.19. The highest BCUT2D eigenvalue weighted by Gasteiger charge is 2.22. The molecule has 3 amide bonds. The van der Waals surface area contributed by atoms with Crippen molar-refractivity contribution in [2.24, 2.45) is 5.92 Å². The van der Waals surface area contributed by atoms with E-state index in [2.05, 4.69) is 41.8 Å². The van der Waals surface area contributed by atoms with Crippen molar-refractivity contribution in [3.8, 4) is 10.6 Å². The van der Waals surface area contributed by atoms with E-state index in [1.165, 1.54) is 11.3 Å². The van der Waals surface area contributed by atoms with E-state index >= 15 is 0 Å². The van der Waals surface area contributed by atoms with Gasteiger partial charge in [0, 0.05) is 28.2 Å². The van der Waals surface area contributed by atoms with Crippen molar-refractivity contribution in [1.82, 2.24) is 20.6 Å². The Bertz CT molecular complexity index is 796. The molecule has 0 spiro atoms. The molecule has 0 aliphatic heterocycles. The molecule has 10 heteroatoms. The van der Waals surface area contributed by atoms with Crippen LogP contribution in [0.25, 0.3) is 10.6 Å². The number of carbonyl (C=O) groups is 2. The van der Waals surface area contributed by atoms with Gasteiger partial charge in [0.05, 0.1) is 11.7 Å². The highest BCUT2D eigenvalue weighted by molar-refractivity contribution is 9.10. The topological polar surface area (TPSA) is 116 Å². The van der Waals surface area contributed by atoms with Crippen molar-refractivity contribution >= 4 is 45.2 Å². The zero-order valence-corrected chi connectivity index (χ0v) is 16.9. The number of thiazole rings is 1. The normalized spacial score (nSPS) is 11.9. The number of nitrogens with one attached hydrogen (secondary N) is 3. The summed E-state index contributed by atoms with van der Waals surface area (Å²) in [6.07, 6.45) is 0.504. The highest BCUT2D eigenvalue weighted by Crippen LogP contribution is 2.34. The monoisotopic (exact) mass is 441 g/mol. The van der Waals surface area contributed by atoms with Gasteiger partial charge in [0.25, 0.3) is 0 Å². The van der Waals surface area contributed by atoms with Crippen LogP contribution in [-0.4, -0.2) is 33.7 Å². The van der Waals surface area contributed by atoms with Gasteiger partial charge in [-0.3, -0.25) is 5.32 Å². The van der Waals surface area contributed by atoms with E-state index in [-0.39, 0.29) is 11.9 Å². The maximum Gasteiger partial charge on any atom is 0.405 e. The molecule has 0 aliphatic carbocycles. The number of anilines is 1. The molecule has 140 valence electrons. The second-order valence-corrected chi connectivity index (χ2v) is 7.49. The van der Waals surface area contributed by atoms with Crippen LogP contribution in [0, 0.1) is 5.92 Å². The van der Waals surface area contributed by atoms with Crippen LogP contribution in [0.1, 0.15) is 32.5 Å². The highest BCUT2D eigenvalue weighted by atomic mass is 79.9. The second kappa shape index (κ2) is 8.95. The van der Waals surface area contributed by atoms with Gasteiger partial charge in [-0.25, -0.2) is 19.6 Å². The van der Waals surface area contributed by atoms with E-state index in [4.69, 9.17) is 5.11 Å². The number of nitrogens with zero attached hydrogens (tertiary/aromatic N) is 2. The number of carboxylic acid groups (broad SMARTS) is 1. The van der Waals surface area contributed by atoms with Gasteiger partial charge in [-0.2, -0.15) is 0 Å². The predicted molar refractivity (Wildman–Crippen MR) is 104 cm³/mol. The summed E-state index contributed by atoms with van der Waals surface area (Å²) < 4.78 is 0.729. The molecule has 1 atom stereocenters. The number of pyridine rings is 1. The number of hydrogen-bond donors (Lipinski definition) is 4. The minimum Gasteiger partial charge on any atom is -0.465 e. The molecule has 8 nitrogen and oxygen atoms in total. The molecule has 0 aliphatic rings. The minimum absolute atomic E-state index is 0.0527. The second-order valence-electron chi connectivity index (χ2n) is 5.78. The SMILES string of the molecule is CCNC(=O)Nc1cc(-c2nc(C(NC(=O)O)C(C)C)cs2)c(Br)cn1.